The number of Topliss-reactive ketones (excluding diaryl/α,β-unsaturated/α-hetero) is 1. The smallest absolute Gasteiger partial charge is 0.350 e. The zero-order chi connectivity index (χ0) is 30.0. The van der Waals surface area contributed by atoms with Crippen molar-refractivity contribution in [2.45, 2.75) is 26.8 Å². The molecule has 1 aromatic heterocycles. The van der Waals surface area contributed by atoms with Crippen molar-refractivity contribution in [1.82, 2.24) is 4.98 Å². The Labute approximate surface area is 240 Å². The van der Waals surface area contributed by atoms with Gasteiger partial charge >= 0.3 is 11.9 Å². The molecule has 0 saturated carbocycles. The Bertz CT molecular complexity index is 1530. The van der Waals surface area contributed by atoms with Gasteiger partial charge in [-0.1, -0.05) is 11.3 Å². The molecule has 2 heterocycles. The van der Waals surface area contributed by atoms with E-state index in [1.54, 1.807) is 51.1 Å². The lowest BCUT2D eigenvalue weighted by Gasteiger charge is -2.24. The molecule has 1 aliphatic heterocycles. The van der Waals surface area contributed by atoms with E-state index in [2.05, 4.69) is 4.98 Å². The van der Waals surface area contributed by atoms with Gasteiger partial charge in [0.1, 0.15) is 16.4 Å². The highest BCUT2D eigenvalue weighted by atomic mass is 32.1. The van der Waals surface area contributed by atoms with Gasteiger partial charge in [-0.3, -0.25) is 14.5 Å². The molecule has 12 heteroatoms. The minimum Gasteiger partial charge on any atom is -0.507 e. The second-order valence-corrected chi connectivity index (χ2v) is 9.92. The maximum atomic E-state index is 13.6. The van der Waals surface area contributed by atoms with Crippen LogP contribution >= 0.6 is 11.3 Å². The van der Waals surface area contributed by atoms with Crippen LogP contribution in [-0.4, -0.2) is 62.8 Å². The summed E-state index contributed by atoms with van der Waals surface area (Å²) in [5.41, 5.74) is 1.54. The topological polar surface area (TPSA) is 134 Å². The lowest BCUT2D eigenvalue weighted by atomic mass is 9.94. The third kappa shape index (κ3) is 5.18. The molecule has 41 heavy (non-hydrogen) atoms. The predicted molar refractivity (Wildman–Crippen MR) is 151 cm³/mol. The summed E-state index contributed by atoms with van der Waals surface area (Å²) in [6.07, 6.45) is 0. The Balaban J connectivity index is 2.00. The first-order valence-corrected chi connectivity index (χ1v) is 13.3. The molecular weight excluding hydrogens is 552 g/mol. The molecule has 3 aromatic rings. The summed E-state index contributed by atoms with van der Waals surface area (Å²) in [6.45, 7) is 5.24. The van der Waals surface area contributed by atoms with Gasteiger partial charge in [0, 0.05) is 5.56 Å². The summed E-state index contributed by atoms with van der Waals surface area (Å²) in [5.74, 6) is -1.41. The number of ether oxygens (including phenoxy) is 5. The maximum Gasteiger partial charge on any atom is 0.350 e. The molecular formula is C29H30N2O9S. The number of rotatable bonds is 9. The van der Waals surface area contributed by atoms with Crippen molar-refractivity contribution >= 4 is 39.9 Å². The highest BCUT2D eigenvalue weighted by molar-refractivity contribution is 7.17. The van der Waals surface area contributed by atoms with E-state index in [1.807, 2.05) is 0 Å². The fraction of sp³-hybridized carbons (Fsp3) is 0.310. The van der Waals surface area contributed by atoms with Crippen molar-refractivity contribution in [1.29, 1.82) is 0 Å². The third-order valence-electron chi connectivity index (χ3n) is 6.57. The second kappa shape index (κ2) is 11.9. The van der Waals surface area contributed by atoms with Crippen LogP contribution in [0.2, 0.25) is 0 Å². The SMILES string of the molecule is CCOC(=O)c1sc(N2C(=O)C(=O)C(=C(O)c3ccc(OC)c(C)c3)C2c2cc(OC)c(OC)c(OC)c2)nc1C. The predicted octanol–water partition coefficient (Wildman–Crippen LogP) is 4.60. The number of esters is 1. The zero-order valence-corrected chi connectivity index (χ0v) is 24.5. The monoisotopic (exact) mass is 582 g/mol. The number of ketones is 1. The molecule has 0 bridgehead atoms. The molecule has 1 saturated heterocycles. The van der Waals surface area contributed by atoms with Gasteiger partial charge in [0.2, 0.25) is 5.75 Å². The van der Waals surface area contributed by atoms with E-state index in [0.717, 1.165) is 16.2 Å². The highest BCUT2D eigenvalue weighted by Gasteiger charge is 2.49. The fourth-order valence-corrected chi connectivity index (χ4v) is 5.64. The summed E-state index contributed by atoms with van der Waals surface area (Å²) in [7, 11) is 5.85. The second-order valence-electron chi connectivity index (χ2n) is 8.94. The van der Waals surface area contributed by atoms with Gasteiger partial charge in [-0.25, -0.2) is 9.78 Å². The molecule has 1 unspecified atom stereocenters. The van der Waals surface area contributed by atoms with Gasteiger partial charge in [0.05, 0.1) is 52.4 Å². The molecule has 216 valence electrons. The largest absolute Gasteiger partial charge is 0.507 e. The Morgan fingerprint density at radius 3 is 2.15 bits per heavy atom. The quantitative estimate of drug-likeness (QED) is 0.165. The van der Waals surface area contributed by atoms with Crippen molar-refractivity contribution in [3.05, 3.63) is 63.2 Å². The van der Waals surface area contributed by atoms with Crippen LogP contribution in [0.4, 0.5) is 5.13 Å². The van der Waals surface area contributed by atoms with Gasteiger partial charge in [-0.2, -0.15) is 0 Å². The number of anilines is 1. The van der Waals surface area contributed by atoms with E-state index in [1.165, 1.54) is 28.4 Å². The number of aliphatic hydroxyl groups is 1. The van der Waals surface area contributed by atoms with Crippen molar-refractivity contribution in [3.8, 4) is 23.0 Å². The average Bonchev–Trinajstić information content (AvgIpc) is 3.47. The molecule has 0 aliphatic carbocycles. The number of aromatic nitrogens is 1. The van der Waals surface area contributed by atoms with Crippen molar-refractivity contribution in [2.75, 3.05) is 39.9 Å². The summed E-state index contributed by atoms with van der Waals surface area (Å²) in [6, 6.07) is 6.92. The molecule has 1 amide bonds. The zero-order valence-electron chi connectivity index (χ0n) is 23.7. The summed E-state index contributed by atoms with van der Waals surface area (Å²) < 4.78 is 26.9. The van der Waals surface area contributed by atoms with Crippen molar-refractivity contribution < 1.29 is 43.2 Å². The van der Waals surface area contributed by atoms with Crippen LogP contribution < -0.4 is 23.8 Å². The number of carbonyl (C=O) groups is 3. The Hall–Kier alpha value is -4.58. The molecule has 1 aliphatic rings. The number of thiazole rings is 1. The molecule has 1 N–H and O–H groups in total. The van der Waals surface area contributed by atoms with Crippen LogP contribution in [0.5, 0.6) is 23.0 Å². The minimum absolute atomic E-state index is 0.0800. The van der Waals surface area contributed by atoms with Gasteiger partial charge < -0.3 is 28.8 Å². The number of hydrogen-bond acceptors (Lipinski definition) is 11. The molecule has 0 spiro atoms. The summed E-state index contributed by atoms with van der Waals surface area (Å²) in [5, 5.41) is 11.6. The van der Waals surface area contributed by atoms with E-state index >= 15 is 0 Å². The first-order valence-electron chi connectivity index (χ1n) is 12.5. The standard InChI is InChI=1S/C29H30N2O9S/c1-8-40-28(35)26-15(3)30-29(41-26)31-22(17-12-19(37-5)25(39-7)20(13-17)38-6)21(24(33)27(31)34)23(32)16-9-10-18(36-4)14(2)11-16/h9-13,22,32H,8H2,1-7H3. The van der Waals surface area contributed by atoms with Gasteiger partial charge in [0.25, 0.3) is 5.78 Å². The van der Waals surface area contributed by atoms with Gasteiger partial charge in [0.15, 0.2) is 16.6 Å². The maximum absolute atomic E-state index is 13.6. The van der Waals surface area contributed by atoms with E-state index in [-0.39, 0.29) is 33.7 Å². The van der Waals surface area contributed by atoms with E-state index in [0.29, 0.717) is 33.9 Å². The third-order valence-corrected chi connectivity index (χ3v) is 7.70. The minimum atomic E-state index is -1.16. The number of carbonyl (C=O) groups excluding carboxylic acids is 3. The molecule has 4 rings (SSSR count). The number of amides is 1. The van der Waals surface area contributed by atoms with Crippen LogP contribution in [-0.2, 0) is 14.3 Å². The fourth-order valence-electron chi connectivity index (χ4n) is 4.66. The van der Waals surface area contributed by atoms with Gasteiger partial charge in [-0.15, -0.1) is 0 Å². The number of methoxy groups -OCH3 is 4. The summed E-state index contributed by atoms with van der Waals surface area (Å²) >= 11 is 0.913. The normalized spacial score (nSPS) is 16.1. The number of aryl methyl sites for hydroxylation is 2. The van der Waals surface area contributed by atoms with E-state index in [4.69, 9.17) is 23.7 Å². The molecule has 0 radical (unpaired) electrons. The van der Waals surface area contributed by atoms with E-state index in [9.17, 15) is 19.5 Å². The molecule has 1 atom stereocenters. The number of nitrogens with zero attached hydrogens (tertiary/aromatic N) is 2. The molecule has 11 nitrogen and oxygen atoms in total. The average molecular weight is 583 g/mol. The number of hydrogen-bond donors (Lipinski definition) is 1. The van der Waals surface area contributed by atoms with Crippen LogP contribution in [0.25, 0.3) is 5.76 Å². The Kier molecular flexibility index (Phi) is 8.52. The van der Waals surface area contributed by atoms with Crippen LogP contribution in [0.1, 0.15) is 45.0 Å². The molecule has 1 fully saturated rings. The van der Waals surface area contributed by atoms with Crippen LogP contribution in [0, 0.1) is 13.8 Å². The van der Waals surface area contributed by atoms with Crippen LogP contribution in [0.15, 0.2) is 35.9 Å². The lowest BCUT2D eigenvalue weighted by Crippen LogP contribution is -2.29. The number of aliphatic hydroxyl groups excluding tert-OH is 1. The first kappa shape index (κ1) is 29.4. The van der Waals surface area contributed by atoms with Crippen molar-refractivity contribution in [3.63, 3.8) is 0 Å². The summed E-state index contributed by atoms with van der Waals surface area (Å²) in [4.78, 5) is 45.6. The van der Waals surface area contributed by atoms with E-state index < -0.39 is 29.5 Å². The Morgan fingerprint density at radius 1 is 0.976 bits per heavy atom. The van der Waals surface area contributed by atoms with Crippen LogP contribution in [0.3, 0.4) is 0 Å². The lowest BCUT2D eigenvalue weighted by molar-refractivity contribution is -0.132. The molecule has 2 aromatic carbocycles. The first-order chi connectivity index (χ1) is 19.6. The highest BCUT2D eigenvalue weighted by Crippen LogP contribution is 2.48. The number of benzene rings is 2. The van der Waals surface area contributed by atoms with Crippen molar-refractivity contribution in [2.24, 2.45) is 0 Å². The van der Waals surface area contributed by atoms with Gasteiger partial charge in [-0.05, 0) is 62.2 Å². The Morgan fingerprint density at radius 2 is 1.61 bits per heavy atom.